The van der Waals surface area contributed by atoms with Crippen molar-refractivity contribution in [3.8, 4) is 5.75 Å². The van der Waals surface area contributed by atoms with E-state index in [1.807, 2.05) is 0 Å². The number of ether oxygens (including phenoxy) is 1. The molecule has 0 aliphatic rings. The summed E-state index contributed by atoms with van der Waals surface area (Å²) in [5.74, 6) is -0.497. The standard InChI is InChI=1S/C14H12ClN3O4S/c1-9(12-6-7-13(15)23-12)16-17-14(19)8-22-11-5-3-2-4-10(11)18(20)21/h2-7H,8H2,1H3,(H,17,19). The van der Waals surface area contributed by atoms with Gasteiger partial charge in [0, 0.05) is 6.07 Å². The van der Waals surface area contributed by atoms with Crippen molar-refractivity contribution in [2.45, 2.75) is 6.92 Å². The van der Waals surface area contributed by atoms with Gasteiger partial charge in [-0.15, -0.1) is 11.3 Å². The first kappa shape index (κ1) is 16.9. The zero-order valence-electron chi connectivity index (χ0n) is 12.0. The first-order valence-electron chi connectivity index (χ1n) is 6.42. The highest BCUT2D eigenvalue weighted by Gasteiger charge is 2.14. The number of thiophene rings is 1. The minimum Gasteiger partial charge on any atom is -0.477 e. The van der Waals surface area contributed by atoms with Crippen LogP contribution >= 0.6 is 22.9 Å². The van der Waals surface area contributed by atoms with Gasteiger partial charge in [0.15, 0.2) is 12.4 Å². The van der Waals surface area contributed by atoms with Crippen molar-refractivity contribution in [3.05, 3.63) is 55.7 Å². The number of hydrogen-bond acceptors (Lipinski definition) is 6. The molecule has 0 saturated heterocycles. The molecule has 1 N–H and O–H groups in total. The first-order chi connectivity index (χ1) is 11.0. The van der Waals surface area contributed by atoms with E-state index in [0.717, 1.165) is 4.88 Å². The van der Waals surface area contributed by atoms with Gasteiger partial charge in [0.25, 0.3) is 5.91 Å². The summed E-state index contributed by atoms with van der Waals surface area (Å²) >= 11 is 7.17. The maximum atomic E-state index is 11.7. The molecule has 120 valence electrons. The van der Waals surface area contributed by atoms with E-state index in [0.29, 0.717) is 10.0 Å². The van der Waals surface area contributed by atoms with Gasteiger partial charge < -0.3 is 4.74 Å². The molecule has 0 unspecified atom stereocenters. The second-order valence-corrected chi connectivity index (χ2v) is 6.06. The van der Waals surface area contributed by atoms with Gasteiger partial charge in [0.1, 0.15) is 0 Å². The van der Waals surface area contributed by atoms with Gasteiger partial charge in [-0.25, -0.2) is 5.43 Å². The summed E-state index contributed by atoms with van der Waals surface area (Å²) in [6, 6.07) is 9.36. The summed E-state index contributed by atoms with van der Waals surface area (Å²) in [6.45, 7) is 1.35. The Labute approximate surface area is 140 Å². The van der Waals surface area contributed by atoms with Crippen molar-refractivity contribution in [2.24, 2.45) is 5.10 Å². The van der Waals surface area contributed by atoms with E-state index in [-0.39, 0.29) is 18.0 Å². The predicted molar refractivity (Wildman–Crippen MR) is 88.3 cm³/mol. The molecule has 1 amide bonds. The smallest absolute Gasteiger partial charge is 0.310 e. The topological polar surface area (TPSA) is 93.8 Å². The molecular formula is C14H12ClN3O4S. The Hall–Kier alpha value is -2.45. The lowest BCUT2D eigenvalue weighted by Crippen LogP contribution is -2.25. The van der Waals surface area contributed by atoms with Crippen LogP contribution in [0.4, 0.5) is 5.69 Å². The fourth-order valence-corrected chi connectivity index (χ4v) is 2.60. The summed E-state index contributed by atoms with van der Waals surface area (Å²) in [5.41, 5.74) is 2.72. The van der Waals surface area contributed by atoms with Crippen LogP contribution in [0, 0.1) is 10.1 Å². The number of amides is 1. The maximum absolute atomic E-state index is 11.7. The lowest BCUT2D eigenvalue weighted by molar-refractivity contribution is -0.385. The maximum Gasteiger partial charge on any atom is 0.310 e. The van der Waals surface area contributed by atoms with Crippen molar-refractivity contribution in [1.82, 2.24) is 5.43 Å². The van der Waals surface area contributed by atoms with Crippen molar-refractivity contribution in [3.63, 3.8) is 0 Å². The normalized spacial score (nSPS) is 11.1. The number of nitro groups is 1. The molecule has 0 saturated carbocycles. The summed E-state index contributed by atoms with van der Waals surface area (Å²) in [7, 11) is 0. The average Bonchev–Trinajstić information content (AvgIpc) is 2.97. The summed E-state index contributed by atoms with van der Waals surface area (Å²) in [5, 5.41) is 14.8. The molecule has 1 heterocycles. The molecule has 2 aromatic rings. The number of hydrazone groups is 1. The fraction of sp³-hybridized carbons (Fsp3) is 0.143. The molecule has 0 bridgehead atoms. The molecule has 23 heavy (non-hydrogen) atoms. The highest BCUT2D eigenvalue weighted by atomic mass is 35.5. The van der Waals surface area contributed by atoms with Crippen LogP contribution in [0.3, 0.4) is 0 Å². The Balaban J connectivity index is 1.92. The number of nitrogens with zero attached hydrogens (tertiary/aromatic N) is 2. The van der Waals surface area contributed by atoms with Gasteiger partial charge >= 0.3 is 5.69 Å². The number of carbonyl (C=O) groups excluding carboxylic acids is 1. The molecule has 9 heteroatoms. The Morgan fingerprint density at radius 1 is 1.39 bits per heavy atom. The molecule has 0 fully saturated rings. The van der Waals surface area contributed by atoms with E-state index in [1.54, 1.807) is 25.1 Å². The monoisotopic (exact) mass is 353 g/mol. The van der Waals surface area contributed by atoms with E-state index < -0.39 is 10.8 Å². The number of hydrogen-bond donors (Lipinski definition) is 1. The van der Waals surface area contributed by atoms with Gasteiger partial charge in [0.05, 0.1) is 19.8 Å². The number of nitro benzene ring substituents is 1. The highest BCUT2D eigenvalue weighted by molar-refractivity contribution is 7.18. The second kappa shape index (κ2) is 7.70. The molecule has 1 aromatic heterocycles. The Morgan fingerprint density at radius 2 is 2.13 bits per heavy atom. The summed E-state index contributed by atoms with van der Waals surface area (Å²) in [6.07, 6.45) is 0. The number of nitrogens with one attached hydrogen (secondary N) is 1. The predicted octanol–water partition coefficient (Wildman–Crippen LogP) is 3.23. The Bertz CT molecular complexity index is 760. The van der Waals surface area contributed by atoms with Crippen LogP contribution in [0.1, 0.15) is 11.8 Å². The number of para-hydroxylation sites is 2. The number of rotatable bonds is 6. The quantitative estimate of drug-likeness (QED) is 0.490. The van der Waals surface area contributed by atoms with E-state index >= 15 is 0 Å². The van der Waals surface area contributed by atoms with Crippen molar-refractivity contribution in [2.75, 3.05) is 6.61 Å². The molecule has 1 aromatic carbocycles. The zero-order valence-corrected chi connectivity index (χ0v) is 13.6. The van der Waals surface area contributed by atoms with Gasteiger partial charge in [-0.2, -0.15) is 5.10 Å². The molecule has 0 atom stereocenters. The Morgan fingerprint density at radius 3 is 2.78 bits per heavy atom. The van der Waals surface area contributed by atoms with Crippen molar-refractivity contribution in [1.29, 1.82) is 0 Å². The third-order valence-corrected chi connectivity index (χ3v) is 4.04. The van der Waals surface area contributed by atoms with Gasteiger partial charge in [-0.1, -0.05) is 23.7 Å². The van der Waals surface area contributed by atoms with Crippen LogP contribution in [0.15, 0.2) is 41.5 Å². The van der Waals surface area contributed by atoms with Gasteiger partial charge in [0.2, 0.25) is 0 Å². The largest absolute Gasteiger partial charge is 0.477 e. The van der Waals surface area contributed by atoms with E-state index in [2.05, 4.69) is 10.5 Å². The molecular weight excluding hydrogens is 342 g/mol. The van der Waals surface area contributed by atoms with Crippen LogP contribution in [0.5, 0.6) is 5.75 Å². The average molecular weight is 354 g/mol. The number of benzene rings is 1. The molecule has 2 rings (SSSR count). The highest BCUT2D eigenvalue weighted by Crippen LogP contribution is 2.25. The molecule has 0 radical (unpaired) electrons. The zero-order chi connectivity index (χ0) is 16.8. The molecule has 0 spiro atoms. The first-order valence-corrected chi connectivity index (χ1v) is 7.62. The lowest BCUT2D eigenvalue weighted by Gasteiger charge is -2.05. The van der Waals surface area contributed by atoms with Crippen LogP contribution in [0.2, 0.25) is 4.34 Å². The van der Waals surface area contributed by atoms with E-state index in [9.17, 15) is 14.9 Å². The van der Waals surface area contributed by atoms with Gasteiger partial charge in [-0.05, 0) is 25.1 Å². The van der Waals surface area contributed by atoms with Crippen molar-refractivity contribution >= 4 is 40.2 Å². The molecule has 0 aliphatic carbocycles. The van der Waals surface area contributed by atoms with Crippen LogP contribution in [-0.2, 0) is 4.79 Å². The minimum absolute atomic E-state index is 0.0263. The van der Waals surface area contributed by atoms with E-state index in [1.165, 1.54) is 29.5 Å². The number of halogens is 1. The third-order valence-electron chi connectivity index (χ3n) is 2.70. The molecule has 0 aliphatic heterocycles. The van der Waals surface area contributed by atoms with Crippen molar-refractivity contribution < 1.29 is 14.5 Å². The SMILES string of the molecule is CC(=NNC(=O)COc1ccccc1[N+](=O)[O-])c1ccc(Cl)s1. The third kappa shape index (κ3) is 4.76. The molecule has 7 nitrogen and oxygen atoms in total. The van der Waals surface area contributed by atoms with Gasteiger partial charge in [-0.3, -0.25) is 14.9 Å². The second-order valence-electron chi connectivity index (χ2n) is 4.35. The number of carbonyl (C=O) groups is 1. The summed E-state index contributed by atoms with van der Waals surface area (Å²) in [4.78, 5) is 22.8. The lowest BCUT2D eigenvalue weighted by atomic mass is 10.3. The fourth-order valence-electron chi connectivity index (χ4n) is 1.62. The Kier molecular flexibility index (Phi) is 5.67. The van der Waals surface area contributed by atoms with Crippen LogP contribution in [-0.4, -0.2) is 23.1 Å². The van der Waals surface area contributed by atoms with Crippen LogP contribution < -0.4 is 10.2 Å². The van der Waals surface area contributed by atoms with E-state index in [4.69, 9.17) is 16.3 Å². The van der Waals surface area contributed by atoms with Crippen LogP contribution in [0.25, 0.3) is 0 Å². The summed E-state index contributed by atoms with van der Waals surface area (Å²) < 4.78 is 5.79. The minimum atomic E-state index is -0.573.